The van der Waals surface area contributed by atoms with Crippen molar-refractivity contribution in [2.24, 2.45) is 11.7 Å². The Kier molecular flexibility index (Phi) is 4.74. The first-order valence-electron chi connectivity index (χ1n) is 9.84. The SMILES string of the molecule is CC(C)(O)c1ccc(-c2cnc3[nH]c(=O)n(C4CCC(C(N)=O)CC4)c3n2)cc1. The molecular formula is C21H25N5O3. The molecule has 8 heteroatoms. The molecule has 1 saturated carbocycles. The molecule has 0 radical (unpaired) electrons. The standard InChI is InChI=1S/C21H25N5O3/c1-21(2,29)14-7-3-12(4-8-14)16-11-23-18-19(24-16)26(20(28)25-18)15-9-5-13(6-10-15)17(22)27/h3-4,7-8,11,13,15,29H,5-6,9-10H2,1-2H3,(H2,22,27)(H,23,25,28). The number of nitrogens with one attached hydrogen (secondary N) is 1. The largest absolute Gasteiger partial charge is 0.386 e. The molecule has 4 N–H and O–H groups in total. The zero-order valence-corrected chi connectivity index (χ0v) is 16.6. The molecule has 0 atom stereocenters. The van der Waals surface area contributed by atoms with Crippen molar-refractivity contribution in [2.75, 3.05) is 0 Å². The first-order chi connectivity index (χ1) is 13.7. The molecule has 1 aliphatic rings. The van der Waals surface area contributed by atoms with Gasteiger partial charge in [0.25, 0.3) is 0 Å². The maximum atomic E-state index is 12.6. The summed E-state index contributed by atoms with van der Waals surface area (Å²) in [6.45, 7) is 3.47. The maximum Gasteiger partial charge on any atom is 0.329 e. The molecule has 2 heterocycles. The van der Waals surface area contributed by atoms with Gasteiger partial charge >= 0.3 is 5.69 Å². The summed E-state index contributed by atoms with van der Waals surface area (Å²) >= 11 is 0. The number of hydrogen-bond acceptors (Lipinski definition) is 5. The van der Waals surface area contributed by atoms with Gasteiger partial charge in [0.15, 0.2) is 11.3 Å². The fraction of sp³-hybridized carbons (Fsp3) is 0.429. The van der Waals surface area contributed by atoms with Crippen molar-refractivity contribution in [2.45, 2.75) is 51.2 Å². The predicted octanol–water partition coefficient (Wildman–Crippen LogP) is 2.23. The third-order valence-electron chi connectivity index (χ3n) is 5.78. The minimum absolute atomic E-state index is 0.0334. The van der Waals surface area contributed by atoms with Crippen LogP contribution in [0.3, 0.4) is 0 Å². The maximum absolute atomic E-state index is 12.6. The Bertz CT molecular complexity index is 1100. The van der Waals surface area contributed by atoms with Gasteiger partial charge in [-0.15, -0.1) is 0 Å². The predicted molar refractivity (Wildman–Crippen MR) is 109 cm³/mol. The van der Waals surface area contributed by atoms with Gasteiger partial charge < -0.3 is 10.8 Å². The number of aromatic nitrogens is 4. The van der Waals surface area contributed by atoms with Gasteiger partial charge in [-0.3, -0.25) is 14.3 Å². The minimum atomic E-state index is -0.918. The highest BCUT2D eigenvalue weighted by Crippen LogP contribution is 2.33. The molecule has 152 valence electrons. The molecule has 0 bridgehead atoms. The number of rotatable bonds is 4. The Labute approximate surface area is 167 Å². The van der Waals surface area contributed by atoms with E-state index in [1.807, 2.05) is 24.3 Å². The van der Waals surface area contributed by atoms with Crippen LogP contribution in [0.4, 0.5) is 0 Å². The third-order valence-corrected chi connectivity index (χ3v) is 5.78. The van der Waals surface area contributed by atoms with Gasteiger partial charge in [-0.2, -0.15) is 0 Å². The highest BCUT2D eigenvalue weighted by molar-refractivity contribution is 5.76. The number of aliphatic hydroxyl groups is 1. The molecule has 1 fully saturated rings. The van der Waals surface area contributed by atoms with E-state index < -0.39 is 5.60 Å². The Morgan fingerprint density at radius 3 is 2.45 bits per heavy atom. The number of primary amides is 1. The van der Waals surface area contributed by atoms with Crippen LogP contribution < -0.4 is 11.4 Å². The van der Waals surface area contributed by atoms with Crippen LogP contribution in [0.25, 0.3) is 22.6 Å². The average molecular weight is 395 g/mol. The summed E-state index contributed by atoms with van der Waals surface area (Å²) in [5.74, 6) is -0.394. The highest BCUT2D eigenvalue weighted by Gasteiger charge is 2.28. The Hall–Kier alpha value is -3.00. The number of nitrogens with zero attached hydrogens (tertiary/aromatic N) is 3. The molecule has 0 unspecified atom stereocenters. The van der Waals surface area contributed by atoms with E-state index in [2.05, 4.69) is 9.97 Å². The lowest BCUT2D eigenvalue weighted by molar-refractivity contribution is -0.122. The van der Waals surface area contributed by atoms with E-state index in [0.29, 0.717) is 42.7 Å². The first-order valence-corrected chi connectivity index (χ1v) is 9.84. The molecule has 1 aliphatic carbocycles. The second-order valence-corrected chi connectivity index (χ2v) is 8.27. The number of H-pyrrole nitrogens is 1. The average Bonchev–Trinajstić information content (AvgIpc) is 3.02. The summed E-state index contributed by atoms with van der Waals surface area (Å²) in [5, 5.41) is 10.1. The fourth-order valence-electron chi connectivity index (χ4n) is 4.04. The van der Waals surface area contributed by atoms with E-state index in [4.69, 9.17) is 10.7 Å². The number of benzene rings is 1. The van der Waals surface area contributed by atoms with E-state index in [9.17, 15) is 14.7 Å². The summed E-state index contributed by atoms with van der Waals surface area (Å²) in [4.78, 5) is 35.9. The highest BCUT2D eigenvalue weighted by atomic mass is 16.3. The number of nitrogens with two attached hydrogens (primary N) is 1. The van der Waals surface area contributed by atoms with Gasteiger partial charge in [-0.25, -0.2) is 14.8 Å². The molecule has 0 aliphatic heterocycles. The van der Waals surface area contributed by atoms with Gasteiger partial charge in [-0.1, -0.05) is 24.3 Å². The lowest BCUT2D eigenvalue weighted by Crippen LogP contribution is -2.31. The molecule has 29 heavy (non-hydrogen) atoms. The molecule has 0 saturated heterocycles. The zero-order valence-electron chi connectivity index (χ0n) is 16.6. The van der Waals surface area contributed by atoms with Crippen LogP contribution in [0.5, 0.6) is 0 Å². The Balaban J connectivity index is 1.68. The van der Waals surface area contributed by atoms with E-state index in [0.717, 1.165) is 11.1 Å². The van der Waals surface area contributed by atoms with Crippen molar-refractivity contribution in [1.82, 2.24) is 19.5 Å². The summed E-state index contributed by atoms with van der Waals surface area (Å²) in [6.07, 6.45) is 4.38. The smallest absolute Gasteiger partial charge is 0.329 e. The van der Waals surface area contributed by atoms with Crippen molar-refractivity contribution < 1.29 is 9.90 Å². The second kappa shape index (κ2) is 7.11. The molecule has 2 aromatic heterocycles. The minimum Gasteiger partial charge on any atom is -0.386 e. The molecule has 8 nitrogen and oxygen atoms in total. The van der Waals surface area contributed by atoms with Crippen LogP contribution in [-0.2, 0) is 10.4 Å². The first kappa shape index (κ1) is 19.3. The normalized spacial score (nSPS) is 20.1. The molecule has 0 spiro atoms. The summed E-state index contributed by atoms with van der Waals surface area (Å²) < 4.78 is 1.66. The van der Waals surface area contributed by atoms with Crippen LogP contribution >= 0.6 is 0 Å². The van der Waals surface area contributed by atoms with Crippen molar-refractivity contribution in [3.05, 3.63) is 46.5 Å². The topological polar surface area (TPSA) is 127 Å². The number of amides is 1. The van der Waals surface area contributed by atoms with E-state index in [1.54, 1.807) is 24.6 Å². The van der Waals surface area contributed by atoms with Gasteiger partial charge in [-0.05, 0) is 45.1 Å². The van der Waals surface area contributed by atoms with Crippen molar-refractivity contribution in [3.8, 4) is 11.3 Å². The number of imidazole rings is 1. The summed E-state index contributed by atoms with van der Waals surface area (Å²) in [5.41, 5.74) is 7.54. The second-order valence-electron chi connectivity index (χ2n) is 8.27. The van der Waals surface area contributed by atoms with Crippen molar-refractivity contribution >= 4 is 17.2 Å². The quantitative estimate of drug-likeness (QED) is 0.624. The number of aromatic amines is 1. The van der Waals surface area contributed by atoms with Crippen LogP contribution in [0, 0.1) is 5.92 Å². The zero-order chi connectivity index (χ0) is 20.8. The Morgan fingerprint density at radius 2 is 1.86 bits per heavy atom. The monoisotopic (exact) mass is 395 g/mol. The lowest BCUT2D eigenvalue weighted by Gasteiger charge is -2.27. The van der Waals surface area contributed by atoms with Crippen LogP contribution in [0.1, 0.15) is 51.1 Å². The number of carbonyl (C=O) groups is 1. The summed E-state index contributed by atoms with van der Waals surface area (Å²) in [6, 6.07) is 7.45. The van der Waals surface area contributed by atoms with Crippen LogP contribution in [0.2, 0.25) is 0 Å². The fourth-order valence-corrected chi connectivity index (χ4v) is 4.04. The van der Waals surface area contributed by atoms with Crippen molar-refractivity contribution in [3.63, 3.8) is 0 Å². The van der Waals surface area contributed by atoms with Gasteiger partial charge in [0.2, 0.25) is 5.91 Å². The molecule has 1 aromatic carbocycles. The number of hydrogen-bond donors (Lipinski definition) is 3. The van der Waals surface area contributed by atoms with E-state index in [1.165, 1.54) is 0 Å². The molecule has 3 aromatic rings. The third kappa shape index (κ3) is 3.67. The van der Waals surface area contributed by atoms with Gasteiger partial charge in [0.1, 0.15) is 0 Å². The number of fused-ring (bicyclic) bond motifs is 1. The van der Waals surface area contributed by atoms with E-state index >= 15 is 0 Å². The lowest BCUT2D eigenvalue weighted by atomic mass is 9.85. The molecular weight excluding hydrogens is 370 g/mol. The van der Waals surface area contributed by atoms with Gasteiger partial charge in [0, 0.05) is 17.5 Å². The van der Waals surface area contributed by atoms with E-state index in [-0.39, 0.29) is 23.6 Å². The van der Waals surface area contributed by atoms with Crippen LogP contribution in [-0.4, -0.2) is 30.5 Å². The van der Waals surface area contributed by atoms with Crippen LogP contribution in [0.15, 0.2) is 35.3 Å². The summed E-state index contributed by atoms with van der Waals surface area (Å²) in [7, 11) is 0. The Morgan fingerprint density at radius 1 is 1.21 bits per heavy atom. The van der Waals surface area contributed by atoms with Crippen molar-refractivity contribution in [1.29, 1.82) is 0 Å². The molecule has 4 rings (SSSR count). The number of carbonyl (C=O) groups excluding carboxylic acids is 1. The van der Waals surface area contributed by atoms with Gasteiger partial charge in [0.05, 0.1) is 17.5 Å². The molecule has 1 amide bonds.